The smallest absolute Gasteiger partial charge is 0.352 e. The summed E-state index contributed by atoms with van der Waals surface area (Å²) < 4.78 is 5.91. The van der Waals surface area contributed by atoms with Crippen molar-refractivity contribution in [3.05, 3.63) is 39.9 Å². The maximum Gasteiger partial charge on any atom is 0.352 e. The van der Waals surface area contributed by atoms with Gasteiger partial charge in [-0.2, -0.15) is 4.98 Å². The van der Waals surface area contributed by atoms with Gasteiger partial charge >= 0.3 is 5.97 Å². The van der Waals surface area contributed by atoms with Gasteiger partial charge in [-0.25, -0.2) is 4.79 Å². The Morgan fingerprint density at radius 1 is 1.47 bits per heavy atom. The first-order valence-electron chi connectivity index (χ1n) is 5.43. The molecule has 100 valence electrons. The Hall–Kier alpha value is -2.64. The number of rotatable bonds is 4. The molecule has 0 spiro atoms. The quantitative estimate of drug-likeness (QED) is 0.809. The van der Waals surface area contributed by atoms with Crippen molar-refractivity contribution in [2.24, 2.45) is 0 Å². The molecular weight excluding hydrogens is 254 g/mol. The molecule has 0 amide bonds. The first-order chi connectivity index (χ1) is 8.97. The summed E-state index contributed by atoms with van der Waals surface area (Å²) in [6.07, 6.45) is 0.228. The highest BCUT2D eigenvalue weighted by Crippen LogP contribution is 2.09. The van der Waals surface area contributed by atoms with Crippen LogP contribution in [0.2, 0.25) is 0 Å². The van der Waals surface area contributed by atoms with Gasteiger partial charge in [0.1, 0.15) is 11.4 Å². The fourth-order valence-corrected chi connectivity index (χ4v) is 1.64. The van der Waals surface area contributed by atoms with Gasteiger partial charge in [0.15, 0.2) is 5.82 Å². The van der Waals surface area contributed by atoms with Gasteiger partial charge in [0.05, 0.1) is 0 Å². The maximum atomic E-state index is 11.7. The number of carboxylic acids is 1. The van der Waals surface area contributed by atoms with E-state index in [1.165, 1.54) is 0 Å². The zero-order valence-electron chi connectivity index (χ0n) is 10.0. The minimum Gasteiger partial charge on any atom is -0.508 e. The normalized spacial score (nSPS) is 10.6. The molecule has 8 heteroatoms. The number of carboxylic acid groups (broad SMARTS) is 1. The summed E-state index contributed by atoms with van der Waals surface area (Å²) in [5, 5.41) is 21.8. The van der Waals surface area contributed by atoms with E-state index in [1.54, 1.807) is 6.92 Å². The number of aromatic nitrogens is 3. The second-order valence-corrected chi connectivity index (χ2v) is 3.88. The van der Waals surface area contributed by atoms with Crippen LogP contribution in [0.25, 0.3) is 0 Å². The highest BCUT2D eigenvalue weighted by atomic mass is 16.5. The van der Waals surface area contributed by atoms with Crippen LogP contribution in [0.15, 0.2) is 21.5 Å². The monoisotopic (exact) mass is 265 g/mol. The second kappa shape index (κ2) is 4.92. The molecule has 0 bridgehead atoms. The van der Waals surface area contributed by atoms with Gasteiger partial charge < -0.3 is 19.3 Å². The third kappa shape index (κ3) is 2.79. The minimum absolute atomic E-state index is 0.0718. The topological polar surface area (TPSA) is 118 Å². The SMILES string of the molecule is Cc1noc(CCn2c(C(=O)O)cc(O)cc2=O)n1. The first kappa shape index (κ1) is 12.8. The second-order valence-electron chi connectivity index (χ2n) is 3.88. The summed E-state index contributed by atoms with van der Waals surface area (Å²) in [7, 11) is 0. The van der Waals surface area contributed by atoms with Crippen LogP contribution >= 0.6 is 0 Å². The Bertz CT molecular complexity index is 673. The molecule has 0 aliphatic carbocycles. The average Bonchev–Trinajstić information content (AvgIpc) is 2.73. The first-order valence-corrected chi connectivity index (χ1v) is 5.43. The molecule has 2 aromatic rings. The van der Waals surface area contributed by atoms with Crippen LogP contribution in [0.1, 0.15) is 22.2 Å². The Balaban J connectivity index is 2.29. The van der Waals surface area contributed by atoms with Gasteiger partial charge in [-0.05, 0) is 6.92 Å². The van der Waals surface area contributed by atoms with Crippen LogP contribution in [0.5, 0.6) is 5.75 Å². The summed E-state index contributed by atoms with van der Waals surface area (Å²) in [6.45, 7) is 1.73. The Morgan fingerprint density at radius 2 is 2.21 bits per heavy atom. The van der Waals surface area contributed by atoms with Gasteiger partial charge in [-0.1, -0.05) is 5.16 Å². The Kier molecular flexibility index (Phi) is 3.32. The summed E-state index contributed by atoms with van der Waals surface area (Å²) in [6, 6.07) is 1.97. The average molecular weight is 265 g/mol. The van der Waals surface area contributed by atoms with Crippen molar-refractivity contribution in [1.29, 1.82) is 0 Å². The number of nitrogens with zero attached hydrogens (tertiary/aromatic N) is 3. The van der Waals surface area contributed by atoms with Crippen molar-refractivity contribution < 1.29 is 19.5 Å². The number of pyridine rings is 1. The van der Waals surface area contributed by atoms with Gasteiger partial charge in [0, 0.05) is 25.1 Å². The molecule has 0 fully saturated rings. The molecular formula is C11H11N3O5. The zero-order chi connectivity index (χ0) is 14.0. The van der Waals surface area contributed by atoms with E-state index in [-0.39, 0.29) is 24.4 Å². The van der Waals surface area contributed by atoms with E-state index in [2.05, 4.69) is 10.1 Å². The predicted octanol–water partition coefficient (Wildman–Crippen LogP) is 0.186. The number of hydrogen-bond donors (Lipinski definition) is 2. The van der Waals surface area contributed by atoms with Crippen molar-refractivity contribution in [3.8, 4) is 5.75 Å². The summed E-state index contributed by atoms with van der Waals surface area (Å²) >= 11 is 0. The lowest BCUT2D eigenvalue weighted by molar-refractivity contribution is 0.0682. The molecule has 0 saturated carbocycles. The van der Waals surface area contributed by atoms with Crippen molar-refractivity contribution in [1.82, 2.24) is 14.7 Å². The van der Waals surface area contributed by atoms with Crippen LogP contribution in [-0.2, 0) is 13.0 Å². The van der Waals surface area contributed by atoms with Gasteiger partial charge in [0.25, 0.3) is 5.56 Å². The third-order valence-electron chi connectivity index (χ3n) is 2.45. The van der Waals surface area contributed by atoms with E-state index in [9.17, 15) is 14.7 Å². The number of aryl methyl sites for hydroxylation is 2. The fourth-order valence-electron chi connectivity index (χ4n) is 1.64. The van der Waals surface area contributed by atoms with Gasteiger partial charge in [0.2, 0.25) is 5.89 Å². The summed E-state index contributed by atoms with van der Waals surface area (Å²) in [5.74, 6) is -0.901. The number of hydrogen-bond acceptors (Lipinski definition) is 6. The highest BCUT2D eigenvalue weighted by Gasteiger charge is 2.14. The van der Waals surface area contributed by atoms with E-state index < -0.39 is 11.5 Å². The van der Waals surface area contributed by atoms with Crippen molar-refractivity contribution in [2.45, 2.75) is 19.9 Å². The van der Waals surface area contributed by atoms with Crippen LogP contribution in [0.3, 0.4) is 0 Å². The van der Waals surface area contributed by atoms with Crippen LogP contribution < -0.4 is 5.56 Å². The van der Waals surface area contributed by atoms with Gasteiger partial charge in [-0.3, -0.25) is 4.79 Å². The van der Waals surface area contributed by atoms with E-state index in [1.807, 2.05) is 0 Å². The lowest BCUT2D eigenvalue weighted by Gasteiger charge is -2.08. The molecule has 8 nitrogen and oxygen atoms in total. The largest absolute Gasteiger partial charge is 0.508 e. The molecule has 19 heavy (non-hydrogen) atoms. The molecule has 2 heterocycles. The molecule has 2 rings (SSSR count). The van der Waals surface area contributed by atoms with E-state index in [0.29, 0.717) is 11.7 Å². The lowest BCUT2D eigenvalue weighted by Crippen LogP contribution is -2.26. The number of carbonyl (C=O) groups is 1. The number of aromatic hydroxyl groups is 1. The molecule has 0 unspecified atom stereocenters. The van der Waals surface area contributed by atoms with E-state index in [4.69, 9.17) is 9.63 Å². The molecule has 0 aliphatic rings. The molecule has 0 atom stereocenters. The van der Waals surface area contributed by atoms with Gasteiger partial charge in [-0.15, -0.1) is 0 Å². The number of aromatic carboxylic acids is 1. The standard InChI is InChI=1S/C11H11N3O5/c1-6-12-9(19-13-6)2-3-14-8(11(17)18)4-7(15)5-10(14)16/h4-5,15H,2-3H2,1H3,(H,17,18). The maximum absolute atomic E-state index is 11.7. The summed E-state index contributed by atoms with van der Waals surface area (Å²) in [4.78, 5) is 26.6. The molecule has 2 N–H and O–H groups in total. The molecule has 0 aliphatic heterocycles. The Labute approximate surface area is 106 Å². The van der Waals surface area contributed by atoms with Crippen LogP contribution in [0.4, 0.5) is 0 Å². The predicted molar refractivity (Wildman–Crippen MR) is 62.1 cm³/mol. The van der Waals surface area contributed by atoms with Crippen molar-refractivity contribution in [3.63, 3.8) is 0 Å². The van der Waals surface area contributed by atoms with E-state index in [0.717, 1.165) is 16.7 Å². The molecule has 0 saturated heterocycles. The Morgan fingerprint density at radius 3 is 2.79 bits per heavy atom. The molecule has 0 radical (unpaired) electrons. The minimum atomic E-state index is -1.30. The third-order valence-corrected chi connectivity index (χ3v) is 2.45. The zero-order valence-corrected chi connectivity index (χ0v) is 10.0. The van der Waals surface area contributed by atoms with Crippen molar-refractivity contribution in [2.75, 3.05) is 0 Å². The molecule has 2 aromatic heterocycles. The molecule has 0 aromatic carbocycles. The van der Waals surface area contributed by atoms with Crippen molar-refractivity contribution >= 4 is 5.97 Å². The fraction of sp³-hybridized carbons (Fsp3) is 0.273. The van der Waals surface area contributed by atoms with Crippen LogP contribution in [0, 0.1) is 6.92 Å². The lowest BCUT2D eigenvalue weighted by atomic mass is 10.3. The highest BCUT2D eigenvalue weighted by molar-refractivity contribution is 5.86. The van der Waals surface area contributed by atoms with Crippen LogP contribution in [-0.4, -0.2) is 30.9 Å². The summed E-state index contributed by atoms with van der Waals surface area (Å²) in [5.41, 5.74) is -0.894. The van der Waals surface area contributed by atoms with E-state index >= 15 is 0 Å².